The second-order valence-electron chi connectivity index (χ2n) is 8.21. The van der Waals surface area contributed by atoms with Crippen LogP contribution < -0.4 is 11.1 Å². The molecule has 2 unspecified atom stereocenters. The van der Waals surface area contributed by atoms with E-state index in [1.54, 1.807) is 19.0 Å². The highest BCUT2D eigenvalue weighted by atomic mass is 16.5. The van der Waals surface area contributed by atoms with Gasteiger partial charge in [-0.3, -0.25) is 9.59 Å². The van der Waals surface area contributed by atoms with Crippen LogP contribution in [-0.4, -0.2) is 55.6 Å². The number of nitrogens with two attached hydrogens (primary N) is 1. The molecule has 2 aliphatic rings. The SMILES string of the molecule is CCOC1CC(N)(C(=O)NCC2(C(=O)N(C)C)CCCC2)C1(C)C. The van der Waals surface area contributed by atoms with Crippen molar-refractivity contribution in [2.75, 3.05) is 27.2 Å². The minimum Gasteiger partial charge on any atom is -0.378 e. The summed E-state index contributed by atoms with van der Waals surface area (Å²) in [5, 5.41) is 2.99. The first kappa shape index (κ1) is 19.2. The van der Waals surface area contributed by atoms with Crippen molar-refractivity contribution in [3.05, 3.63) is 0 Å². The predicted octanol–water partition coefficient (Wildman–Crippen LogP) is 1.28. The number of ether oxygens (including phenoxy) is 1. The van der Waals surface area contributed by atoms with E-state index in [-0.39, 0.29) is 17.9 Å². The first-order chi connectivity index (χ1) is 11.1. The minimum atomic E-state index is -0.937. The summed E-state index contributed by atoms with van der Waals surface area (Å²) < 4.78 is 5.69. The van der Waals surface area contributed by atoms with Crippen molar-refractivity contribution in [2.24, 2.45) is 16.6 Å². The maximum absolute atomic E-state index is 12.8. The van der Waals surface area contributed by atoms with E-state index in [0.717, 1.165) is 25.7 Å². The Morgan fingerprint density at radius 3 is 2.29 bits per heavy atom. The van der Waals surface area contributed by atoms with Gasteiger partial charge in [-0.15, -0.1) is 0 Å². The van der Waals surface area contributed by atoms with Crippen molar-refractivity contribution in [2.45, 2.75) is 64.5 Å². The average molecular weight is 339 g/mol. The van der Waals surface area contributed by atoms with Crippen molar-refractivity contribution in [1.82, 2.24) is 10.2 Å². The lowest BCUT2D eigenvalue weighted by atomic mass is 9.54. The molecular formula is C18H33N3O3. The molecule has 0 aromatic rings. The molecule has 2 saturated carbocycles. The lowest BCUT2D eigenvalue weighted by Gasteiger charge is -2.57. The van der Waals surface area contributed by atoms with Crippen LogP contribution in [0.3, 0.4) is 0 Å². The Hall–Kier alpha value is -1.14. The van der Waals surface area contributed by atoms with E-state index in [2.05, 4.69) is 5.32 Å². The maximum Gasteiger partial charge on any atom is 0.240 e. The molecular weight excluding hydrogens is 306 g/mol. The van der Waals surface area contributed by atoms with Crippen molar-refractivity contribution >= 4 is 11.8 Å². The van der Waals surface area contributed by atoms with E-state index >= 15 is 0 Å². The third-order valence-electron chi connectivity index (χ3n) is 6.24. The molecule has 2 amide bonds. The highest BCUT2D eigenvalue weighted by molar-refractivity contribution is 5.90. The number of nitrogens with zero attached hydrogens (tertiary/aromatic N) is 1. The molecule has 0 aromatic carbocycles. The summed E-state index contributed by atoms with van der Waals surface area (Å²) in [4.78, 5) is 27.0. The fraction of sp³-hybridized carbons (Fsp3) is 0.889. The largest absolute Gasteiger partial charge is 0.378 e. The molecule has 2 atom stereocenters. The smallest absolute Gasteiger partial charge is 0.240 e. The number of carbonyl (C=O) groups excluding carboxylic acids is 2. The van der Waals surface area contributed by atoms with Crippen LogP contribution in [0.2, 0.25) is 0 Å². The molecule has 6 nitrogen and oxygen atoms in total. The normalized spacial score (nSPS) is 30.5. The van der Waals surface area contributed by atoms with Gasteiger partial charge in [0.2, 0.25) is 11.8 Å². The van der Waals surface area contributed by atoms with Crippen LogP contribution in [0, 0.1) is 10.8 Å². The fourth-order valence-electron chi connectivity index (χ4n) is 4.22. The van der Waals surface area contributed by atoms with Crippen LogP contribution in [0.4, 0.5) is 0 Å². The molecule has 2 fully saturated rings. The summed E-state index contributed by atoms with van der Waals surface area (Å²) in [5.41, 5.74) is 4.60. The Kier molecular flexibility index (Phi) is 5.31. The monoisotopic (exact) mass is 339 g/mol. The van der Waals surface area contributed by atoms with Crippen LogP contribution in [0.25, 0.3) is 0 Å². The molecule has 0 spiro atoms. The van der Waals surface area contributed by atoms with Gasteiger partial charge >= 0.3 is 0 Å². The average Bonchev–Trinajstić information content (AvgIpc) is 3.01. The van der Waals surface area contributed by atoms with Crippen molar-refractivity contribution in [3.8, 4) is 0 Å². The Labute approximate surface area is 145 Å². The van der Waals surface area contributed by atoms with Gasteiger partial charge in [0.15, 0.2) is 0 Å². The summed E-state index contributed by atoms with van der Waals surface area (Å²) in [6, 6.07) is 0. The first-order valence-electron chi connectivity index (χ1n) is 9.01. The molecule has 2 aliphatic carbocycles. The molecule has 0 saturated heterocycles. The number of amides is 2. The zero-order valence-electron chi connectivity index (χ0n) is 15.8. The van der Waals surface area contributed by atoms with E-state index < -0.39 is 16.4 Å². The summed E-state index contributed by atoms with van der Waals surface area (Å²) in [6.45, 7) is 6.90. The predicted molar refractivity (Wildman–Crippen MR) is 93.3 cm³/mol. The van der Waals surface area contributed by atoms with Crippen LogP contribution in [0.1, 0.15) is 52.9 Å². The van der Waals surface area contributed by atoms with E-state index in [1.165, 1.54) is 0 Å². The molecule has 0 aliphatic heterocycles. The first-order valence-corrected chi connectivity index (χ1v) is 9.01. The van der Waals surface area contributed by atoms with E-state index in [9.17, 15) is 9.59 Å². The van der Waals surface area contributed by atoms with E-state index in [4.69, 9.17) is 10.5 Å². The van der Waals surface area contributed by atoms with Crippen LogP contribution in [0.15, 0.2) is 0 Å². The lowest BCUT2D eigenvalue weighted by Crippen LogP contribution is -2.76. The number of hydrogen-bond acceptors (Lipinski definition) is 4. The third-order valence-corrected chi connectivity index (χ3v) is 6.24. The second kappa shape index (κ2) is 6.64. The summed E-state index contributed by atoms with van der Waals surface area (Å²) in [5.74, 6) is -0.0623. The van der Waals surface area contributed by atoms with Gasteiger partial charge in [0.25, 0.3) is 0 Å². The number of hydrogen-bond donors (Lipinski definition) is 2. The number of nitrogens with one attached hydrogen (secondary N) is 1. The molecule has 2 rings (SSSR count). The third kappa shape index (κ3) is 2.94. The number of carbonyl (C=O) groups is 2. The highest BCUT2D eigenvalue weighted by Gasteiger charge is 2.63. The van der Waals surface area contributed by atoms with E-state index in [1.807, 2.05) is 20.8 Å². The maximum atomic E-state index is 12.8. The second-order valence-corrected chi connectivity index (χ2v) is 8.21. The minimum absolute atomic E-state index is 0.00194. The quantitative estimate of drug-likeness (QED) is 0.763. The van der Waals surface area contributed by atoms with Gasteiger partial charge in [0.1, 0.15) is 5.54 Å². The molecule has 0 heterocycles. The Morgan fingerprint density at radius 2 is 1.83 bits per heavy atom. The zero-order valence-corrected chi connectivity index (χ0v) is 15.8. The Bertz CT molecular complexity index is 498. The van der Waals surface area contributed by atoms with Gasteiger partial charge in [0.05, 0.1) is 11.5 Å². The van der Waals surface area contributed by atoms with Crippen LogP contribution in [-0.2, 0) is 14.3 Å². The van der Waals surface area contributed by atoms with Gasteiger partial charge < -0.3 is 20.7 Å². The topological polar surface area (TPSA) is 84.7 Å². The summed E-state index contributed by atoms with van der Waals surface area (Å²) in [6.07, 6.45) is 4.23. The lowest BCUT2D eigenvalue weighted by molar-refractivity contribution is -0.171. The van der Waals surface area contributed by atoms with Crippen molar-refractivity contribution in [3.63, 3.8) is 0 Å². The molecule has 0 aromatic heterocycles. The molecule has 0 radical (unpaired) electrons. The van der Waals surface area contributed by atoms with Gasteiger partial charge in [0, 0.05) is 39.1 Å². The standard InChI is InChI=1S/C18H33N3O3/c1-6-24-13-11-18(19,16(13,2)3)14(22)20-12-17(9-7-8-10-17)15(23)21(4)5/h13H,6-12,19H2,1-5H3,(H,20,22). The van der Waals surface area contributed by atoms with Gasteiger partial charge in [-0.25, -0.2) is 0 Å². The molecule has 138 valence electrons. The summed E-state index contributed by atoms with van der Waals surface area (Å²) in [7, 11) is 3.55. The molecule has 3 N–H and O–H groups in total. The highest BCUT2D eigenvalue weighted by Crippen LogP contribution is 2.50. The molecule has 0 bridgehead atoms. The molecule has 24 heavy (non-hydrogen) atoms. The molecule has 6 heteroatoms. The van der Waals surface area contributed by atoms with E-state index in [0.29, 0.717) is 19.6 Å². The Balaban J connectivity index is 2.03. The fourth-order valence-corrected chi connectivity index (χ4v) is 4.22. The zero-order chi connectivity index (χ0) is 18.2. The Morgan fingerprint density at radius 1 is 1.25 bits per heavy atom. The van der Waals surface area contributed by atoms with Crippen LogP contribution >= 0.6 is 0 Å². The van der Waals surface area contributed by atoms with Gasteiger partial charge in [-0.2, -0.15) is 0 Å². The van der Waals surface area contributed by atoms with Crippen molar-refractivity contribution < 1.29 is 14.3 Å². The van der Waals surface area contributed by atoms with Crippen LogP contribution in [0.5, 0.6) is 0 Å². The van der Waals surface area contributed by atoms with Crippen molar-refractivity contribution in [1.29, 1.82) is 0 Å². The van der Waals surface area contributed by atoms with Gasteiger partial charge in [-0.1, -0.05) is 26.7 Å². The summed E-state index contributed by atoms with van der Waals surface area (Å²) >= 11 is 0. The number of rotatable bonds is 6. The van der Waals surface area contributed by atoms with Gasteiger partial charge in [-0.05, 0) is 19.8 Å².